The normalized spacial score (nSPS) is 23.3. The third-order valence-electron chi connectivity index (χ3n) is 5.74. The van der Waals surface area contributed by atoms with Crippen LogP contribution in [0.4, 0.5) is 0 Å². The Balaban J connectivity index is 3.06. The van der Waals surface area contributed by atoms with Crippen LogP contribution in [0.25, 0.3) is 0 Å². The van der Waals surface area contributed by atoms with Gasteiger partial charge in [-0.05, 0) is 38.7 Å². The van der Waals surface area contributed by atoms with Crippen LogP contribution in [0.15, 0.2) is 12.2 Å². The number of hydrogen-bond acceptors (Lipinski definition) is 10. The molecule has 0 aromatic heterocycles. The van der Waals surface area contributed by atoms with Crippen molar-refractivity contribution < 1.29 is 47.7 Å². The van der Waals surface area contributed by atoms with Crippen molar-refractivity contribution in [1.82, 2.24) is 0 Å². The molecule has 0 spiro atoms. The van der Waals surface area contributed by atoms with E-state index in [1.807, 2.05) is 6.08 Å². The van der Waals surface area contributed by atoms with Gasteiger partial charge in [-0.15, -0.1) is 0 Å². The highest BCUT2D eigenvalue weighted by Crippen LogP contribution is 2.40. The zero-order chi connectivity index (χ0) is 26.5. The molecular weight excluding hydrogens is 460 g/mol. The number of ether oxygens (including phenoxy) is 5. The fourth-order valence-electron chi connectivity index (χ4n) is 4.41. The molecule has 0 saturated heterocycles. The molecule has 0 N–H and O–H groups in total. The van der Waals surface area contributed by atoms with Crippen molar-refractivity contribution in [3.63, 3.8) is 0 Å². The average molecular weight is 499 g/mol. The van der Waals surface area contributed by atoms with Crippen LogP contribution in [0.5, 0.6) is 0 Å². The molecular formula is C25H38O10. The molecule has 0 aliphatic heterocycles. The molecule has 0 heterocycles. The third kappa shape index (κ3) is 11.9. The quantitative estimate of drug-likeness (QED) is 0.212. The van der Waals surface area contributed by atoms with Crippen molar-refractivity contribution in [1.29, 1.82) is 0 Å². The highest BCUT2D eigenvalue weighted by Gasteiger charge is 2.45. The predicted molar refractivity (Wildman–Crippen MR) is 124 cm³/mol. The van der Waals surface area contributed by atoms with Gasteiger partial charge in [0, 0.05) is 52.4 Å². The molecule has 0 radical (unpaired) electrons. The van der Waals surface area contributed by atoms with Crippen LogP contribution >= 0.6 is 0 Å². The Hall–Kier alpha value is -2.91. The lowest BCUT2D eigenvalue weighted by Gasteiger charge is -2.24. The van der Waals surface area contributed by atoms with Crippen LogP contribution in [-0.4, -0.2) is 61.4 Å². The fraction of sp³-hybridized carbons (Fsp3) is 0.720. The highest BCUT2D eigenvalue weighted by atomic mass is 16.6. The van der Waals surface area contributed by atoms with E-state index < -0.39 is 42.2 Å². The molecule has 1 saturated carbocycles. The molecule has 6 atom stereocenters. The zero-order valence-corrected chi connectivity index (χ0v) is 21.4. The highest BCUT2D eigenvalue weighted by molar-refractivity contribution is 5.69. The van der Waals surface area contributed by atoms with Crippen LogP contribution in [0, 0.1) is 11.8 Å². The SMILES string of the molecule is COC(=O)CCC1C(OC(C)=O)CC(OC(C)=O)C1C=CC(CCCC(C)OC(C)=O)OC(C)=O. The molecule has 1 aliphatic carbocycles. The van der Waals surface area contributed by atoms with Crippen molar-refractivity contribution >= 4 is 29.8 Å². The Morgan fingerprint density at radius 1 is 0.857 bits per heavy atom. The Labute approximate surface area is 206 Å². The molecule has 0 aromatic carbocycles. The van der Waals surface area contributed by atoms with Gasteiger partial charge in [0.15, 0.2) is 0 Å². The van der Waals surface area contributed by atoms with Crippen LogP contribution in [0.3, 0.4) is 0 Å². The Kier molecular flexibility index (Phi) is 13.0. The zero-order valence-electron chi connectivity index (χ0n) is 21.4. The molecule has 1 rings (SSSR count). The van der Waals surface area contributed by atoms with Crippen molar-refractivity contribution in [3.8, 4) is 0 Å². The molecule has 6 unspecified atom stereocenters. The molecule has 35 heavy (non-hydrogen) atoms. The van der Waals surface area contributed by atoms with Crippen molar-refractivity contribution in [2.75, 3.05) is 7.11 Å². The first kappa shape index (κ1) is 30.1. The minimum Gasteiger partial charge on any atom is -0.469 e. The van der Waals surface area contributed by atoms with E-state index in [-0.39, 0.29) is 36.8 Å². The monoisotopic (exact) mass is 498 g/mol. The van der Waals surface area contributed by atoms with Gasteiger partial charge in [-0.2, -0.15) is 0 Å². The van der Waals surface area contributed by atoms with Crippen molar-refractivity contribution in [3.05, 3.63) is 12.2 Å². The molecule has 0 amide bonds. The lowest BCUT2D eigenvalue weighted by Crippen LogP contribution is -2.26. The molecule has 1 fully saturated rings. The maximum Gasteiger partial charge on any atom is 0.305 e. The Morgan fingerprint density at radius 2 is 1.46 bits per heavy atom. The van der Waals surface area contributed by atoms with Crippen LogP contribution in [-0.2, 0) is 47.7 Å². The van der Waals surface area contributed by atoms with E-state index in [9.17, 15) is 24.0 Å². The van der Waals surface area contributed by atoms with E-state index in [1.54, 1.807) is 13.0 Å². The predicted octanol–water partition coefficient (Wildman–Crippen LogP) is 3.05. The summed E-state index contributed by atoms with van der Waals surface area (Å²) in [5.74, 6) is -2.82. The second-order valence-electron chi connectivity index (χ2n) is 8.77. The number of carbonyl (C=O) groups is 5. The van der Waals surface area contributed by atoms with Gasteiger partial charge >= 0.3 is 29.8 Å². The second kappa shape index (κ2) is 15.2. The summed E-state index contributed by atoms with van der Waals surface area (Å²) in [6.45, 7) is 7.06. The van der Waals surface area contributed by atoms with Gasteiger partial charge in [-0.1, -0.05) is 6.08 Å². The summed E-state index contributed by atoms with van der Waals surface area (Å²) in [5.41, 5.74) is 0. The number of methoxy groups -OCH3 is 1. The summed E-state index contributed by atoms with van der Waals surface area (Å²) in [5, 5.41) is 0. The fourth-order valence-corrected chi connectivity index (χ4v) is 4.41. The summed E-state index contributed by atoms with van der Waals surface area (Å²) < 4.78 is 26.3. The number of hydrogen-bond donors (Lipinski definition) is 0. The summed E-state index contributed by atoms with van der Waals surface area (Å²) in [6, 6.07) is 0. The molecule has 198 valence electrons. The second-order valence-corrected chi connectivity index (χ2v) is 8.77. The first-order valence-corrected chi connectivity index (χ1v) is 11.9. The number of esters is 5. The van der Waals surface area contributed by atoms with E-state index in [2.05, 4.69) is 0 Å². The molecule has 0 bridgehead atoms. The molecule has 10 heteroatoms. The summed E-state index contributed by atoms with van der Waals surface area (Å²) >= 11 is 0. The lowest BCUT2D eigenvalue weighted by atomic mass is 9.88. The maximum atomic E-state index is 11.8. The molecule has 1 aliphatic rings. The molecule has 0 aromatic rings. The minimum atomic E-state index is -0.572. The maximum absolute atomic E-state index is 11.8. The third-order valence-corrected chi connectivity index (χ3v) is 5.74. The summed E-state index contributed by atoms with van der Waals surface area (Å²) in [6.07, 6.45) is 4.09. The Bertz CT molecular complexity index is 774. The number of rotatable bonds is 13. The summed E-state index contributed by atoms with van der Waals surface area (Å²) in [4.78, 5) is 57.9. The van der Waals surface area contributed by atoms with Crippen molar-refractivity contribution in [2.24, 2.45) is 11.8 Å². The van der Waals surface area contributed by atoms with Crippen molar-refractivity contribution in [2.45, 2.75) is 97.6 Å². The Morgan fingerprint density at radius 3 is 2.00 bits per heavy atom. The topological polar surface area (TPSA) is 132 Å². The number of carbonyl (C=O) groups excluding carboxylic acids is 5. The van der Waals surface area contributed by atoms with E-state index in [4.69, 9.17) is 23.7 Å². The van der Waals surface area contributed by atoms with Gasteiger partial charge in [0.2, 0.25) is 0 Å². The van der Waals surface area contributed by atoms with E-state index in [0.29, 0.717) is 25.7 Å². The van der Waals surface area contributed by atoms with Gasteiger partial charge in [0.05, 0.1) is 13.2 Å². The van der Waals surface area contributed by atoms with Crippen LogP contribution in [0.2, 0.25) is 0 Å². The van der Waals surface area contributed by atoms with Gasteiger partial charge < -0.3 is 23.7 Å². The largest absolute Gasteiger partial charge is 0.469 e. The van der Waals surface area contributed by atoms with E-state index in [1.165, 1.54) is 34.8 Å². The minimum absolute atomic E-state index is 0.109. The lowest BCUT2D eigenvalue weighted by molar-refractivity contribution is -0.150. The first-order valence-electron chi connectivity index (χ1n) is 11.9. The van der Waals surface area contributed by atoms with Gasteiger partial charge in [0.25, 0.3) is 0 Å². The first-order chi connectivity index (χ1) is 16.4. The summed E-state index contributed by atoms with van der Waals surface area (Å²) in [7, 11) is 1.30. The van der Waals surface area contributed by atoms with Crippen LogP contribution < -0.4 is 0 Å². The van der Waals surface area contributed by atoms with E-state index >= 15 is 0 Å². The van der Waals surface area contributed by atoms with Crippen LogP contribution in [0.1, 0.15) is 73.1 Å². The molecule has 10 nitrogen and oxygen atoms in total. The smallest absolute Gasteiger partial charge is 0.305 e. The average Bonchev–Trinajstić information content (AvgIpc) is 3.03. The van der Waals surface area contributed by atoms with Gasteiger partial charge in [0.1, 0.15) is 18.3 Å². The van der Waals surface area contributed by atoms with E-state index in [0.717, 1.165) is 0 Å². The van der Waals surface area contributed by atoms with Gasteiger partial charge in [-0.25, -0.2) is 0 Å². The standard InChI is InChI=1S/C25H38O10/c1-15(32-16(2)26)8-7-9-20(33-17(3)27)10-11-21-22(12-13-25(30)31-6)24(35-19(5)29)14-23(21)34-18(4)28/h10-11,15,20-24H,7-9,12-14H2,1-6H3. The van der Waals surface area contributed by atoms with Gasteiger partial charge in [-0.3, -0.25) is 24.0 Å².